The predicted octanol–water partition coefficient (Wildman–Crippen LogP) is 3.03. The zero-order valence-electron chi connectivity index (χ0n) is 18.1. The number of fused-ring (bicyclic) bond motifs is 1. The molecule has 2 heterocycles. The first kappa shape index (κ1) is 22.2. The van der Waals surface area contributed by atoms with Crippen molar-refractivity contribution >= 4 is 32.6 Å². The summed E-state index contributed by atoms with van der Waals surface area (Å²) in [6.45, 7) is 0.244. The maximum Gasteiger partial charge on any atom is 0.267 e. The molecule has 2 amide bonds. The molecule has 2 N–H and O–H groups in total. The Balaban J connectivity index is 1.43. The number of aromatic nitrogens is 2. The Labute approximate surface area is 191 Å². The van der Waals surface area contributed by atoms with E-state index in [1.807, 2.05) is 0 Å². The van der Waals surface area contributed by atoms with Crippen LogP contribution in [0.3, 0.4) is 0 Å². The van der Waals surface area contributed by atoms with Crippen molar-refractivity contribution in [2.45, 2.75) is 16.3 Å². The molecule has 0 radical (unpaired) electrons. The van der Waals surface area contributed by atoms with E-state index in [9.17, 15) is 18.0 Å². The molecule has 0 bridgehead atoms. The van der Waals surface area contributed by atoms with Crippen molar-refractivity contribution in [3.63, 3.8) is 0 Å². The van der Waals surface area contributed by atoms with Gasteiger partial charge in [0.2, 0.25) is 9.84 Å². The van der Waals surface area contributed by atoms with Crippen molar-refractivity contribution in [3.8, 4) is 0 Å². The largest absolute Gasteiger partial charge is 0.350 e. The molecule has 0 aliphatic heterocycles. The number of carbonyl (C=O) groups is 2. The molecule has 8 nitrogen and oxygen atoms in total. The molecule has 2 aromatic carbocycles. The first-order valence-electron chi connectivity index (χ1n) is 10.1. The van der Waals surface area contributed by atoms with Crippen LogP contribution < -0.4 is 5.32 Å². The lowest BCUT2D eigenvalue weighted by molar-refractivity contribution is 0.0827. The van der Waals surface area contributed by atoms with Crippen LogP contribution in [0.15, 0.2) is 82.8 Å². The van der Waals surface area contributed by atoms with Crippen LogP contribution in [0.5, 0.6) is 0 Å². The Bertz CT molecular complexity index is 1390. The quantitative estimate of drug-likeness (QED) is 0.457. The maximum atomic E-state index is 12.9. The van der Waals surface area contributed by atoms with Crippen molar-refractivity contribution in [2.24, 2.45) is 0 Å². The van der Waals surface area contributed by atoms with Crippen molar-refractivity contribution in [1.82, 2.24) is 20.2 Å². The number of amides is 2. The van der Waals surface area contributed by atoms with Crippen molar-refractivity contribution in [3.05, 3.63) is 89.9 Å². The SMILES string of the molecule is CN(C)C(=O)c1ccc(S(=O)(=O)c2ccc(CNC(=O)c3cc4cnccc4[nH]3)cc2)cc1. The summed E-state index contributed by atoms with van der Waals surface area (Å²) in [6, 6.07) is 15.7. The molecule has 0 saturated heterocycles. The van der Waals surface area contributed by atoms with Gasteiger partial charge in [-0.25, -0.2) is 8.42 Å². The van der Waals surface area contributed by atoms with Gasteiger partial charge in [0.05, 0.1) is 9.79 Å². The molecular formula is C24H22N4O4S. The van der Waals surface area contributed by atoms with E-state index in [2.05, 4.69) is 15.3 Å². The Kier molecular flexibility index (Phi) is 5.97. The summed E-state index contributed by atoms with van der Waals surface area (Å²) < 4.78 is 25.8. The molecule has 0 spiro atoms. The minimum atomic E-state index is -3.73. The van der Waals surface area contributed by atoms with E-state index in [1.165, 1.54) is 41.3 Å². The maximum absolute atomic E-state index is 12.9. The zero-order chi connectivity index (χ0) is 23.6. The lowest BCUT2D eigenvalue weighted by Gasteiger charge is -2.11. The second-order valence-electron chi connectivity index (χ2n) is 7.70. The summed E-state index contributed by atoms with van der Waals surface area (Å²) in [6.07, 6.45) is 3.32. The third kappa shape index (κ3) is 4.63. The second-order valence-corrected chi connectivity index (χ2v) is 9.65. The van der Waals surface area contributed by atoms with Crippen LogP contribution in [0.4, 0.5) is 0 Å². The van der Waals surface area contributed by atoms with E-state index in [0.717, 1.165) is 16.5 Å². The van der Waals surface area contributed by atoms with Crippen LogP contribution in [0, 0.1) is 0 Å². The van der Waals surface area contributed by atoms with E-state index in [4.69, 9.17) is 0 Å². The molecule has 4 aromatic rings. The highest BCUT2D eigenvalue weighted by atomic mass is 32.2. The highest BCUT2D eigenvalue weighted by Crippen LogP contribution is 2.22. The van der Waals surface area contributed by atoms with Crippen LogP contribution >= 0.6 is 0 Å². The van der Waals surface area contributed by atoms with E-state index in [-0.39, 0.29) is 28.2 Å². The van der Waals surface area contributed by atoms with E-state index >= 15 is 0 Å². The molecule has 2 aromatic heterocycles. The highest BCUT2D eigenvalue weighted by Gasteiger charge is 2.19. The summed E-state index contributed by atoms with van der Waals surface area (Å²) in [5.74, 6) is -0.468. The molecule has 0 atom stereocenters. The normalized spacial score (nSPS) is 11.3. The topological polar surface area (TPSA) is 112 Å². The second kappa shape index (κ2) is 8.87. The van der Waals surface area contributed by atoms with Gasteiger partial charge in [-0.15, -0.1) is 0 Å². The van der Waals surface area contributed by atoms with Gasteiger partial charge in [-0.2, -0.15) is 0 Å². The summed E-state index contributed by atoms with van der Waals surface area (Å²) >= 11 is 0. The van der Waals surface area contributed by atoms with Crippen LogP contribution in [0.2, 0.25) is 0 Å². The lowest BCUT2D eigenvalue weighted by atomic mass is 10.2. The Morgan fingerprint density at radius 1 is 0.970 bits per heavy atom. The van der Waals surface area contributed by atoms with Crippen molar-refractivity contribution < 1.29 is 18.0 Å². The number of carbonyl (C=O) groups excluding carboxylic acids is 2. The first-order valence-corrected chi connectivity index (χ1v) is 11.6. The standard InChI is InChI=1S/C24H22N4O4S/c1-28(2)24(30)17-5-9-20(10-6-17)33(31,32)19-7-3-16(4-8-19)14-26-23(29)22-13-18-15-25-12-11-21(18)27-22/h3-13,15,27H,14H2,1-2H3,(H,26,29). The fourth-order valence-corrected chi connectivity index (χ4v) is 4.59. The van der Waals surface area contributed by atoms with E-state index < -0.39 is 9.84 Å². The third-order valence-electron chi connectivity index (χ3n) is 5.17. The smallest absolute Gasteiger partial charge is 0.267 e. The minimum Gasteiger partial charge on any atom is -0.350 e. The monoisotopic (exact) mass is 462 g/mol. The Morgan fingerprint density at radius 2 is 1.61 bits per heavy atom. The molecular weight excluding hydrogens is 440 g/mol. The van der Waals surface area contributed by atoms with E-state index in [1.54, 1.807) is 50.8 Å². The molecule has 4 rings (SSSR count). The average Bonchev–Trinajstić information content (AvgIpc) is 3.27. The molecule has 0 aliphatic carbocycles. The molecule has 33 heavy (non-hydrogen) atoms. The Hall–Kier alpha value is -3.98. The Morgan fingerprint density at radius 3 is 2.21 bits per heavy atom. The summed E-state index contributed by atoms with van der Waals surface area (Å²) in [4.78, 5) is 33.2. The highest BCUT2D eigenvalue weighted by molar-refractivity contribution is 7.91. The fourth-order valence-electron chi connectivity index (χ4n) is 3.33. The fraction of sp³-hybridized carbons (Fsp3) is 0.125. The zero-order valence-corrected chi connectivity index (χ0v) is 18.9. The molecule has 9 heteroatoms. The van der Waals surface area contributed by atoms with E-state index in [0.29, 0.717) is 11.3 Å². The molecule has 0 saturated carbocycles. The van der Waals surface area contributed by atoms with Gasteiger partial charge in [-0.05, 0) is 54.1 Å². The molecule has 0 aliphatic rings. The molecule has 0 unspecified atom stereocenters. The number of rotatable bonds is 6. The summed E-state index contributed by atoms with van der Waals surface area (Å²) in [7, 11) is -0.464. The number of sulfone groups is 1. The van der Waals surface area contributed by atoms with Crippen molar-refractivity contribution in [1.29, 1.82) is 0 Å². The van der Waals surface area contributed by atoms with Gasteiger partial charge in [0.25, 0.3) is 11.8 Å². The third-order valence-corrected chi connectivity index (χ3v) is 6.96. The summed E-state index contributed by atoms with van der Waals surface area (Å²) in [5.41, 5.74) is 2.42. The van der Waals surface area contributed by atoms with Gasteiger partial charge in [-0.1, -0.05) is 12.1 Å². The number of pyridine rings is 1. The number of H-pyrrole nitrogens is 1. The van der Waals surface area contributed by atoms with Gasteiger partial charge in [0.1, 0.15) is 5.69 Å². The predicted molar refractivity (Wildman–Crippen MR) is 124 cm³/mol. The number of benzene rings is 2. The average molecular weight is 463 g/mol. The van der Waals surface area contributed by atoms with Gasteiger partial charge >= 0.3 is 0 Å². The van der Waals surface area contributed by atoms with Crippen LogP contribution in [-0.4, -0.2) is 49.2 Å². The van der Waals surface area contributed by atoms with Crippen molar-refractivity contribution in [2.75, 3.05) is 14.1 Å². The number of hydrogen-bond acceptors (Lipinski definition) is 5. The minimum absolute atomic E-state index is 0.104. The number of hydrogen-bond donors (Lipinski definition) is 2. The van der Waals surface area contributed by atoms with Crippen LogP contribution in [0.1, 0.15) is 26.4 Å². The summed E-state index contributed by atoms with van der Waals surface area (Å²) in [5, 5.41) is 3.66. The van der Waals surface area contributed by atoms with Gasteiger partial charge in [-0.3, -0.25) is 14.6 Å². The number of nitrogens with zero attached hydrogens (tertiary/aromatic N) is 2. The van der Waals surface area contributed by atoms with Crippen LogP contribution in [0.25, 0.3) is 10.9 Å². The first-order chi connectivity index (χ1) is 15.8. The van der Waals surface area contributed by atoms with Gasteiger partial charge < -0.3 is 15.2 Å². The number of aromatic amines is 1. The van der Waals surface area contributed by atoms with Gasteiger partial charge in [0, 0.05) is 49.5 Å². The molecule has 168 valence electrons. The van der Waals surface area contributed by atoms with Crippen LogP contribution in [-0.2, 0) is 16.4 Å². The van der Waals surface area contributed by atoms with Gasteiger partial charge in [0.15, 0.2) is 0 Å². The lowest BCUT2D eigenvalue weighted by Crippen LogP contribution is -2.23. The number of nitrogens with one attached hydrogen (secondary N) is 2. The molecule has 0 fully saturated rings.